The summed E-state index contributed by atoms with van der Waals surface area (Å²) in [5.74, 6) is -0.375. The third-order valence-corrected chi connectivity index (χ3v) is 3.46. The molecule has 3 heterocycles. The molecule has 118 valence electrons. The van der Waals surface area contributed by atoms with Crippen LogP contribution in [0.2, 0.25) is 0 Å². The molecule has 2 aromatic heterocycles. The average molecular weight is 309 g/mol. The smallest absolute Gasteiger partial charge is 0.303 e. The molecule has 1 aliphatic heterocycles. The van der Waals surface area contributed by atoms with E-state index in [1.54, 1.807) is 0 Å². The van der Waals surface area contributed by atoms with Crippen molar-refractivity contribution in [3.8, 4) is 0 Å². The van der Waals surface area contributed by atoms with Crippen molar-refractivity contribution in [2.45, 2.75) is 31.5 Å². The van der Waals surface area contributed by atoms with Crippen LogP contribution in [0.5, 0.6) is 0 Å². The summed E-state index contributed by atoms with van der Waals surface area (Å²) in [6.45, 7) is 0.807. The first-order valence-electron chi connectivity index (χ1n) is 6.57. The molecule has 3 rings (SSSR count). The second-order valence-electron chi connectivity index (χ2n) is 4.90. The summed E-state index contributed by atoms with van der Waals surface area (Å²) in [6, 6.07) is 0. The van der Waals surface area contributed by atoms with E-state index in [0.29, 0.717) is 11.2 Å². The van der Waals surface area contributed by atoms with E-state index in [4.69, 9.17) is 15.2 Å². The normalized spacial score (nSPS) is 28.1. The van der Waals surface area contributed by atoms with Gasteiger partial charge in [-0.2, -0.15) is 0 Å². The van der Waals surface area contributed by atoms with Gasteiger partial charge < -0.3 is 25.4 Å². The Labute approximate surface area is 124 Å². The Morgan fingerprint density at radius 2 is 2.27 bits per heavy atom. The highest BCUT2D eigenvalue weighted by molar-refractivity contribution is 5.81. The molecule has 10 heteroatoms. The Morgan fingerprint density at radius 3 is 2.95 bits per heavy atom. The van der Waals surface area contributed by atoms with Gasteiger partial charge in [0.2, 0.25) is 0 Å². The van der Waals surface area contributed by atoms with Crippen LogP contribution < -0.4 is 5.73 Å². The van der Waals surface area contributed by atoms with Gasteiger partial charge in [0.25, 0.3) is 0 Å². The van der Waals surface area contributed by atoms with Gasteiger partial charge >= 0.3 is 5.97 Å². The van der Waals surface area contributed by atoms with Gasteiger partial charge in [-0.15, -0.1) is 0 Å². The second kappa shape index (κ2) is 5.48. The highest BCUT2D eigenvalue weighted by atomic mass is 16.6. The number of nitrogens with zero attached hydrogens (tertiary/aromatic N) is 4. The average Bonchev–Trinajstić information content (AvgIpc) is 3.02. The fourth-order valence-electron chi connectivity index (χ4n) is 2.47. The number of hydrogen-bond donors (Lipinski definition) is 3. The van der Waals surface area contributed by atoms with Crippen LogP contribution in [-0.4, -0.2) is 60.6 Å². The molecule has 4 atom stereocenters. The minimum Gasteiger partial charge on any atom is -0.455 e. The number of fused-ring (bicyclic) bond motifs is 1. The number of hydrogen-bond acceptors (Lipinski definition) is 9. The number of aliphatic hydroxyl groups excluding tert-OH is 2. The van der Waals surface area contributed by atoms with E-state index >= 15 is 0 Å². The van der Waals surface area contributed by atoms with Gasteiger partial charge in [0, 0.05) is 6.92 Å². The van der Waals surface area contributed by atoms with Crippen LogP contribution in [0, 0.1) is 0 Å². The first-order chi connectivity index (χ1) is 10.5. The summed E-state index contributed by atoms with van der Waals surface area (Å²) in [6.07, 6.45) is -1.25. The predicted octanol–water partition coefficient (Wildman–Crippen LogP) is -1.41. The maximum Gasteiger partial charge on any atom is 0.303 e. The minimum atomic E-state index is -1.17. The van der Waals surface area contributed by atoms with Crippen LogP contribution in [0.4, 0.5) is 5.82 Å². The monoisotopic (exact) mass is 309 g/mol. The highest BCUT2D eigenvalue weighted by Gasteiger charge is 2.47. The van der Waals surface area contributed by atoms with E-state index in [9.17, 15) is 15.0 Å². The summed E-state index contributed by atoms with van der Waals surface area (Å²) < 4.78 is 12.2. The summed E-state index contributed by atoms with van der Waals surface area (Å²) in [4.78, 5) is 23.3. The number of nitrogens with two attached hydrogens (primary N) is 1. The molecule has 0 amide bonds. The third kappa shape index (κ3) is 2.26. The number of rotatable bonds is 3. The lowest BCUT2D eigenvalue weighted by Gasteiger charge is -2.21. The van der Waals surface area contributed by atoms with Gasteiger partial charge in [0.15, 0.2) is 23.8 Å². The van der Waals surface area contributed by atoms with Crippen LogP contribution in [0.25, 0.3) is 11.2 Å². The van der Waals surface area contributed by atoms with Crippen molar-refractivity contribution >= 4 is 23.0 Å². The van der Waals surface area contributed by atoms with E-state index in [-0.39, 0.29) is 5.82 Å². The summed E-state index contributed by atoms with van der Waals surface area (Å²) in [5, 5.41) is 19.4. The number of carbonyl (C=O) groups excluding carboxylic acids is 1. The lowest BCUT2D eigenvalue weighted by atomic mass is 10.1. The second-order valence-corrected chi connectivity index (χ2v) is 4.90. The van der Waals surface area contributed by atoms with Crippen LogP contribution >= 0.6 is 0 Å². The number of aliphatic hydroxyl groups is 2. The van der Waals surface area contributed by atoms with Crippen LogP contribution in [0.15, 0.2) is 12.7 Å². The largest absolute Gasteiger partial charge is 0.455 e. The molecule has 0 saturated carbocycles. The Balaban J connectivity index is 2.03. The lowest BCUT2D eigenvalue weighted by molar-refractivity contribution is -0.155. The maximum absolute atomic E-state index is 11.3. The zero-order valence-corrected chi connectivity index (χ0v) is 11.7. The summed E-state index contributed by atoms with van der Waals surface area (Å²) in [5.41, 5.74) is 6.47. The predicted molar refractivity (Wildman–Crippen MR) is 72.3 cm³/mol. The number of carbonyl (C=O) groups is 1. The van der Waals surface area contributed by atoms with E-state index < -0.39 is 37.1 Å². The van der Waals surface area contributed by atoms with E-state index in [1.807, 2.05) is 0 Å². The molecule has 0 aromatic carbocycles. The summed E-state index contributed by atoms with van der Waals surface area (Å²) in [7, 11) is 0. The summed E-state index contributed by atoms with van der Waals surface area (Å²) >= 11 is 0. The van der Waals surface area contributed by atoms with E-state index in [1.165, 1.54) is 24.1 Å². The number of imidazole rings is 1. The third-order valence-electron chi connectivity index (χ3n) is 3.46. The van der Waals surface area contributed by atoms with Crippen molar-refractivity contribution in [3.05, 3.63) is 12.7 Å². The van der Waals surface area contributed by atoms with Crippen molar-refractivity contribution < 1.29 is 24.5 Å². The topological polar surface area (TPSA) is 146 Å². The Bertz CT molecular complexity index is 704. The molecule has 1 fully saturated rings. The maximum atomic E-state index is 11.3. The highest BCUT2D eigenvalue weighted by Crippen LogP contribution is 2.33. The number of anilines is 1. The van der Waals surface area contributed by atoms with Crippen LogP contribution in [-0.2, 0) is 14.3 Å². The molecule has 0 radical (unpaired) electrons. The first kappa shape index (κ1) is 14.6. The first-order valence-corrected chi connectivity index (χ1v) is 6.57. The zero-order valence-electron chi connectivity index (χ0n) is 11.7. The molecule has 22 heavy (non-hydrogen) atoms. The van der Waals surface area contributed by atoms with Gasteiger partial charge in [-0.3, -0.25) is 9.36 Å². The van der Waals surface area contributed by atoms with Gasteiger partial charge in [-0.25, -0.2) is 15.0 Å². The Hall–Kier alpha value is -2.30. The van der Waals surface area contributed by atoms with Crippen molar-refractivity contribution in [1.29, 1.82) is 0 Å². The zero-order chi connectivity index (χ0) is 15.9. The fraction of sp³-hybridized carbons (Fsp3) is 0.500. The van der Waals surface area contributed by atoms with Gasteiger partial charge in [-0.1, -0.05) is 0 Å². The van der Waals surface area contributed by atoms with Crippen molar-refractivity contribution in [3.63, 3.8) is 0 Å². The van der Waals surface area contributed by atoms with E-state index in [2.05, 4.69) is 15.0 Å². The molecule has 2 aromatic rings. The quantitative estimate of drug-likeness (QED) is 0.582. The number of aromatic nitrogens is 4. The lowest BCUT2D eigenvalue weighted by Crippen LogP contribution is -2.36. The Kier molecular flexibility index (Phi) is 3.64. The molecule has 10 nitrogen and oxygen atoms in total. The molecule has 0 bridgehead atoms. The van der Waals surface area contributed by atoms with E-state index in [0.717, 1.165) is 0 Å². The molecular formula is C12H15N5O5. The number of esters is 1. The van der Waals surface area contributed by atoms with Gasteiger partial charge in [-0.05, 0) is 0 Å². The molecule has 0 aliphatic carbocycles. The van der Waals surface area contributed by atoms with Crippen molar-refractivity contribution in [1.82, 2.24) is 19.5 Å². The SMILES string of the molecule is CC(=O)O[C@@H]1C(O)[C@@H](CO)O[C@H]1n1cnc2c(N)ncnc21. The van der Waals surface area contributed by atoms with Gasteiger partial charge in [0.1, 0.15) is 24.1 Å². The van der Waals surface area contributed by atoms with Crippen LogP contribution in [0.3, 0.4) is 0 Å². The number of ether oxygens (including phenoxy) is 2. The molecule has 1 unspecified atom stereocenters. The van der Waals surface area contributed by atoms with Crippen LogP contribution in [0.1, 0.15) is 13.2 Å². The molecular weight excluding hydrogens is 294 g/mol. The van der Waals surface area contributed by atoms with Crippen molar-refractivity contribution in [2.75, 3.05) is 12.3 Å². The molecule has 1 saturated heterocycles. The fourth-order valence-corrected chi connectivity index (χ4v) is 2.47. The van der Waals surface area contributed by atoms with Gasteiger partial charge in [0.05, 0.1) is 12.9 Å². The number of nitrogen functional groups attached to an aromatic ring is 1. The Morgan fingerprint density at radius 1 is 1.50 bits per heavy atom. The minimum absolute atomic E-state index is 0.199. The van der Waals surface area contributed by atoms with Crippen molar-refractivity contribution in [2.24, 2.45) is 0 Å². The molecule has 1 aliphatic rings. The standard InChI is InChI=1S/C12H15N5O5/c1-5(19)21-9-8(20)6(2-18)22-12(9)17-4-16-7-10(13)14-3-15-11(7)17/h3-4,6,8-9,12,18,20H,2H2,1H3,(H2,13,14,15)/t6-,8?,9-,12-/m1/s1. The molecule has 0 spiro atoms. The molecule has 4 N–H and O–H groups in total.